The lowest BCUT2D eigenvalue weighted by molar-refractivity contribution is -0.141. The minimum absolute atomic E-state index is 0.0341. The van der Waals surface area contributed by atoms with E-state index in [0.717, 1.165) is 66.8 Å². The van der Waals surface area contributed by atoms with E-state index in [0.29, 0.717) is 22.7 Å². The predicted octanol–water partition coefficient (Wildman–Crippen LogP) is 5.13. The number of halogens is 3. The summed E-state index contributed by atoms with van der Waals surface area (Å²) in [5.74, 6) is -0.410. The van der Waals surface area contributed by atoms with Crippen LogP contribution in [-0.4, -0.2) is 27.5 Å². The lowest BCUT2D eigenvalue weighted by Gasteiger charge is -2.10. The van der Waals surface area contributed by atoms with Gasteiger partial charge in [0.15, 0.2) is 5.16 Å². The van der Waals surface area contributed by atoms with Crippen molar-refractivity contribution in [3.8, 4) is 0 Å². The van der Waals surface area contributed by atoms with Gasteiger partial charge in [-0.25, -0.2) is 9.97 Å². The van der Waals surface area contributed by atoms with E-state index in [9.17, 15) is 22.8 Å². The first-order valence-electron chi connectivity index (χ1n) is 10.4. The first kappa shape index (κ1) is 24.5. The van der Waals surface area contributed by atoms with E-state index < -0.39 is 17.8 Å². The molecular formula is C21H25F3N4O2S2. The maximum Gasteiger partial charge on any atom is 0.433 e. The summed E-state index contributed by atoms with van der Waals surface area (Å²) in [4.78, 5) is 33.2. The molecule has 2 amide bonds. The highest BCUT2D eigenvalue weighted by Gasteiger charge is 2.33. The normalized spacial score (nSPS) is 14.4. The van der Waals surface area contributed by atoms with Gasteiger partial charge >= 0.3 is 6.18 Å². The average molecular weight is 487 g/mol. The number of thioether (sulfide) groups is 1. The first-order chi connectivity index (χ1) is 15.1. The van der Waals surface area contributed by atoms with Crippen LogP contribution in [0.15, 0.2) is 11.2 Å². The maximum atomic E-state index is 12.9. The van der Waals surface area contributed by atoms with Crippen molar-refractivity contribution < 1.29 is 22.8 Å². The molecule has 0 radical (unpaired) electrons. The minimum Gasteiger partial charge on any atom is -0.365 e. The van der Waals surface area contributed by atoms with Crippen LogP contribution in [0.25, 0.3) is 0 Å². The van der Waals surface area contributed by atoms with Gasteiger partial charge in [0.1, 0.15) is 10.7 Å². The fourth-order valence-electron chi connectivity index (χ4n) is 3.60. The fourth-order valence-corrected chi connectivity index (χ4v) is 5.76. The van der Waals surface area contributed by atoms with Crippen LogP contribution in [0, 0.1) is 6.92 Å². The lowest BCUT2D eigenvalue weighted by Crippen LogP contribution is -2.18. The van der Waals surface area contributed by atoms with Crippen LogP contribution >= 0.6 is 23.1 Å². The lowest BCUT2D eigenvalue weighted by atomic mass is 9.96. The third-order valence-electron chi connectivity index (χ3n) is 5.07. The molecule has 0 saturated heterocycles. The molecule has 2 aromatic rings. The first-order valence-corrected chi connectivity index (χ1v) is 12.2. The topological polar surface area (TPSA) is 98.0 Å². The van der Waals surface area contributed by atoms with Gasteiger partial charge in [0.25, 0.3) is 5.91 Å². The Morgan fingerprint density at radius 2 is 1.91 bits per heavy atom. The molecule has 1 aliphatic rings. The molecule has 3 rings (SSSR count). The highest BCUT2D eigenvalue weighted by molar-refractivity contribution is 7.99. The average Bonchev–Trinajstić information content (AvgIpc) is 3.00. The smallest absolute Gasteiger partial charge is 0.365 e. The van der Waals surface area contributed by atoms with Gasteiger partial charge < -0.3 is 11.1 Å². The molecule has 0 saturated carbocycles. The Balaban J connectivity index is 1.57. The molecule has 0 aliphatic heterocycles. The van der Waals surface area contributed by atoms with E-state index in [-0.39, 0.29) is 23.2 Å². The van der Waals surface area contributed by atoms with Gasteiger partial charge in [-0.1, -0.05) is 24.6 Å². The zero-order chi connectivity index (χ0) is 23.3. The zero-order valence-electron chi connectivity index (χ0n) is 17.7. The van der Waals surface area contributed by atoms with Crippen LogP contribution in [0.5, 0.6) is 0 Å². The zero-order valence-corrected chi connectivity index (χ0v) is 19.3. The van der Waals surface area contributed by atoms with Crippen LogP contribution in [0.2, 0.25) is 0 Å². The van der Waals surface area contributed by atoms with Gasteiger partial charge in [-0.3, -0.25) is 9.59 Å². The largest absolute Gasteiger partial charge is 0.433 e. The second-order valence-electron chi connectivity index (χ2n) is 7.66. The number of nitrogens with two attached hydrogens (primary N) is 1. The molecule has 3 N–H and O–H groups in total. The van der Waals surface area contributed by atoms with Crippen molar-refractivity contribution in [2.45, 2.75) is 69.6 Å². The number of nitrogens with one attached hydrogen (secondary N) is 1. The Hall–Kier alpha value is -2.14. The van der Waals surface area contributed by atoms with Gasteiger partial charge in [0, 0.05) is 22.7 Å². The highest BCUT2D eigenvalue weighted by atomic mass is 32.2. The molecule has 32 heavy (non-hydrogen) atoms. The van der Waals surface area contributed by atoms with Crippen molar-refractivity contribution in [1.82, 2.24) is 9.97 Å². The van der Waals surface area contributed by atoms with Crippen molar-refractivity contribution in [1.29, 1.82) is 0 Å². The van der Waals surface area contributed by atoms with Gasteiger partial charge in [-0.15, -0.1) is 11.3 Å². The summed E-state index contributed by atoms with van der Waals surface area (Å²) in [5, 5.41) is 3.35. The van der Waals surface area contributed by atoms with Crippen molar-refractivity contribution in [2.24, 2.45) is 5.73 Å². The van der Waals surface area contributed by atoms with Crippen LogP contribution in [-0.2, 0) is 23.8 Å². The minimum atomic E-state index is -4.53. The number of alkyl halides is 3. The third kappa shape index (κ3) is 6.44. The maximum absolute atomic E-state index is 12.9. The van der Waals surface area contributed by atoms with Crippen LogP contribution in [0.4, 0.5) is 18.2 Å². The molecule has 0 spiro atoms. The SMILES string of the molecule is Cc1cc(C(F)(F)F)nc(SCCCC(=O)Nc2sc3c(c2C(N)=O)CCCCCC3)n1. The number of aryl methyl sites for hydroxylation is 2. The van der Waals surface area contributed by atoms with Crippen molar-refractivity contribution in [2.75, 3.05) is 11.1 Å². The molecule has 1 aliphatic carbocycles. The molecule has 2 heterocycles. The number of rotatable bonds is 7. The molecule has 0 bridgehead atoms. The number of anilines is 1. The van der Waals surface area contributed by atoms with E-state index in [1.807, 2.05) is 0 Å². The number of carbonyl (C=O) groups is 2. The quantitative estimate of drug-likeness (QED) is 0.321. The Morgan fingerprint density at radius 3 is 2.59 bits per heavy atom. The van der Waals surface area contributed by atoms with Crippen LogP contribution in [0.1, 0.15) is 70.7 Å². The second kappa shape index (κ2) is 10.7. The van der Waals surface area contributed by atoms with Crippen LogP contribution in [0.3, 0.4) is 0 Å². The number of nitrogens with zero attached hydrogens (tertiary/aromatic N) is 2. The molecule has 0 atom stereocenters. The molecule has 11 heteroatoms. The Kier molecular flexibility index (Phi) is 8.16. The Labute approximate surface area is 192 Å². The monoisotopic (exact) mass is 486 g/mol. The van der Waals surface area contributed by atoms with E-state index in [1.54, 1.807) is 0 Å². The van der Waals surface area contributed by atoms with Gasteiger partial charge in [0.2, 0.25) is 5.91 Å². The fraction of sp³-hybridized carbons (Fsp3) is 0.524. The van der Waals surface area contributed by atoms with Crippen LogP contribution < -0.4 is 11.1 Å². The van der Waals surface area contributed by atoms with E-state index in [4.69, 9.17) is 5.73 Å². The summed E-state index contributed by atoms with van der Waals surface area (Å²) in [5.41, 5.74) is 6.25. The second-order valence-corrected chi connectivity index (χ2v) is 9.83. The van der Waals surface area contributed by atoms with E-state index in [1.165, 1.54) is 18.3 Å². The van der Waals surface area contributed by atoms with Crippen molar-refractivity contribution >= 4 is 39.9 Å². The number of hydrogen-bond acceptors (Lipinski definition) is 6. The van der Waals surface area contributed by atoms with Gasteiger partial charge in [0.05, 0.1) is 5.56 Å². The van der Waals surface area contributed by atoms with Crippen molar-refractivity contribution in [3.05, 3.63) is 33.5 Å². The Morgan fingerprint density at radius 1 is 1.19 bits per heavy atom. The van der Waals surface area contributed by atoms with E-state index in [2.05, 4.69) is 15.3 Å². The standard InChI is InChI=1S/C21H25F3N4O2S2/c1-12-11-15(21(22,23)24)27-20(26-12)31-10-6-9-16(29)28-19-17(18(25)30)13-7-4-2-3-5-8-14(13)32-19/h11H,2-10H2,1H3,(H2,25,30)(H,28,29). The molecule has 0 fully saturated rings. The summed E-state index contributed by atoms with van der Waals surface area (Å²) in [7, 11) is 0. The molecule has 174 valence electrons. The number of fused-ring (bicyclic) bond motifs is 1. The number of amides is 2. The summed E-state index contributed by atoms with van der Waals surface area (Å²) < 4.78 is 38.7. The number of hydrogen-bond donors (Lipinski definition) is 2. The molecular weight excluding hydrogens is 461 g/mol. The third-order valence-corrected chi connectivity index (χ3v) is 7.21. The number of primary amides is 1. The number of aromatic nitrogens is 2. The van der Waals surface area contributed by atoms with E-state index >= 15 is 0 Å². The molecule has 0 aromatic carbocycles. The van der Waals surface area contributed by atoms with Gasteiger partial charge in [-0.2, -0.15) is 13.2 Å². The molecule has 0 unspecified atom stereocenters. The highest BCUT2D eigenvalue weighted by Crippen LogP contribution is 2.37. The number of thiophene rings is 1. The molecule has 2 aromatic heterocycles. The Bertz CT molecular complexity index is 992. The summed E-state index contributed by atoms with van der Waals surface area (Å²) in [6.45, 7) is 1.48. The summed E-state index contributed by atoms with van der Waals surface area (Å²) in [6.07, 6.45) is 2.02. The van der Waals surface area contributed by atoms with Crippen molar-refractivity contribution in [3.63, 3.8) is 0 Å². The number of carbonyl (C=O) groups excluding carboxylic acids is 2. The van der Waals surface area contributed by atoms with Gasteiger partial charge in [-0.05, 0) is 50.7 Å². The summed E-state index contributed by atoms with van der Waals surface area (Å²) in [6, 6.07) is 0.901. The summed E-state index contributed by atoms with van der Waals surface area (Å²) >= 11 is 2.49. The predicted molar refractivity (Wildman–Crippen MR) is 119 cm³/mol. The molecule has 6 nitrogen and oxygen atoms in total.